The largest absolute Gasteiger partial charge is 0.496 e. The Kier molecular flexibility index (Phi) is 5.75. The Morgan fingerprint density at radius 1 is 1.17 bits per heavy atom. The van der Waals surface area contributed by atoms with Crippen molar-refractivity contribution in [2.75, 3.05) is 26.6 Å². The molecule has 1 heterocycles. The molecule has 7 nitrogen and oxygen atoms in total. The number of thiazole rings is 1. The third kappa shape index (κ3) is 3.83. The van der Waals surface area contributed by atoms with Crippen molar-refractivity contribution >= 4 is 28.3 Å². The van der Waals surface area contributed by atoms with Crippen molar-refractivity contribution in [2.45, 2.75) is 13.3 Å². The Morgan fingerprint density at radius 2 is 1.79 bits per heavy atom. The first-order valence-electron chi connectivity index (χ1n) is 7.05. The average molecular weight is 350 g/mol. The number of methoxy groups -OCH3 is 3. The summed E-state index contributed by atoms with van der Waals surface area (Å²) in [7, 11) is 4.29. The standard InChI is InChI=1S/C16H18N2O5S/c1-9-12(8-13(19)23-4)24-16(17-9)18-15(20)14-10(21-2)6-5-7-11(14)22-3/h5-7H,8H2,1-4H3,(H,17,18,20). The molecule has 1 aromatic heterocycles. The van der Waals surface area contributed by atoms with Gasteiger partial charge in [0.2, 0.25) is 0 Å². The van der Waals surface area contributed by atoms with Crippen molar-refractivity contribution in [3.05, 3.63) is 34.3 Å². The lowest BCUT2D eigenvalue weighted by molar-refractivity contribution is -0.139. The average Bonchev–Trinajstić information content (AvgIpc) is 2.92. The summed E-state index contributed by atoms with van der Waals surface area (Å²) in [4.78, 5) is 29.0. The highest BCUT2D eigenvalue weighted by Gasteiger charge is 2.20. The minimum absolute atomic E-state index is 0.119. The van der Waals surface area contributed by atoms with Crippen LogP contribution in [0.3, 0.4) is 0 Å². The van der Waals surface area contributed by atoms with Crippen molar-refractivity contribution in [1.82, 2.24) is 4.98 Å². The minimum atomic E-state index is -0.400. The fourth-order valence-corrected chi connectivity index (χ4v) is 3.03. The van der Waals surface area contributed by atoms with E-state index in [0.29, 0.717) is 22.3 Å². The molecule has 0 unspecified atom stereocenters. The maximum absolute atomic E-state index is 12.6. The molecular formula is C16H18N2O5S. The second-order valence-corrected chi connectivity index (χ2v) is 5.86. The van der Waals surface area contributed by atoms with Gasteiger partial charge in [-0.15, -0.1) is 11.3 Å². The lowest BCUT2D eigenvalue weighted by Gasteiger charge is -2.11. The van der Waals surface area contributed by atoms with Gasteiger partial charge >= 0.3 is 5.97 Å². The summed E-state index contributed by atoms with van der Waals surface area (Å²) in [6.07, 6.45) is 0.119. The lowest BCUT2D eigenvalue weighted by Crippen LogP contribution is -2.14. The van der Waals surface area contributed by atoms with Crippen LogP contribution >= 0.6 is 11.3 Å². The van der Waals surface area contributed by atoms with Crippen molar-refractivity contribution in [3.63, 3.8) is 0 Å². The smallest absolute Gasteiger partial charge is 0.310 e. The Labute approximate surface area is 143 Å². The molecule has 24 heavy (non-hydrogen) atoms. The summed E-state index contributed by atoms with van der Waals surface area (Å²) in [5, 5.41) is 3.11. The number of carbonyl (C=O) groups is 2. The third-order valence-electron chi connectivity index (χ3n) is 3.30. The predicted octanol–water partition coefficient (Wildman–Crippen LogP) is 2.44. The molecule has 0 bridgehead atoms. The Morgan fingerprint density at radius 3 is 2.33 bits per heavy atom. The van der Waals surface area contributed by atoms with E-state index in [4.69, 9.17) is 9.47 Å². The van der Waals surface area contributed by atoms with E-state index in [2.05, 4.69) is 15.0 Å². The summed E-state index contributed by atoms with van der Waals surface area (Å²) in [6, 6.07) is 5.08. The molecule has 2 aromatic rings. The SMILES string of the molecule is COC(=O)Cc1sc(NC(=O)c2c(OC)cccc2OC)nc1C. The Bertz CT molecular complexity index is 735. The number of carbonyl (C=O) groups excluding carboxylic acids is 2. The van der Waals surface area contributed by atoms with Crippen LogP contribution in [0.1, 0.15) is 20.9 Å². The second kappa shape index (κ2) is 7.78. The van der Waals surface area contributed by atoms with Crippen molar-refractivity contribution in [3.8, 4) is 11.5 Å². The van der Waals surface area contributed by atoms with Gasteiger partial charge in [0, 0.05) is 4.88 Å². The Hall–Kier alpha value is -2.61. The molecule has 8 heteroatoms. The molecule has 0 saturated heterocycles. The van der Waals surface area contributed by atoms with E-state index in [1.54, 1.807) is 25.1 Å². The zero-order valence-electron chi connectivity index (χ0n) is 13.8. The number of hydrogen-bond acceptors (Lipinski definition) is 7. The summed E-state index contributed by atoms with van der Waals surface area (Å²) >= 11 is 1.23. The number of nitrogens with zero attached hydrogens (tertiary/aromatic N) is 1. The van der Waals surface area contributed by atoms with E-state index in [1.165, 1.54) is 32.7 Å². The fraction of sp³-hybridized carbons (Fsp3) is 0.312. The van der Waals surface area contributed by atoms with E-state index in [-0.39, 0.29) is 18.0 Å². The van der Waals surface area contributed by atoms with Crippen LogP contribution in [0.15, 0.2) is 18.2 Å². The molecule has 2 rings (SSSR count). The van der Waals surface area contributed by atoms with Crippen molar-refractivity contribution in [1.29, 1.82) is 0 Å². The number of ether oxygens (including phenoxy) is 3. The van der Waals surface area contributed by atoms with Crippen LogP contribution in [0.4, 0.5) is 5.13 Å². The van der Waals surface area contributed by atoms with Gasteiger partial charge in [-0.2, -0.15) is 0 Å². The molecule has 0 saturated carbocycles. The number of nitrogens with one attached hydrogen (secondary N) is 1. The first-order chi connectivity index (χ1) is 11.5. The van der Waals surface area contributed by atoms with Gasteiger partial charge in [0.05, 0.1) is 33.4 Å². The fourth-order valence-electron chi connectivity index (χ4n) is 2.08. The first kappa shape index (κ1) is 17.7. The zero-order chi connectivity index (χ0) is 17.7. The van der Waals surface area contributed by atoms with Gasteiger partial charge in [-0.1, -0.05) is 6.07 Å². The lowest BCUT2D eigenvalue weighted by atomic mass is 10.1. The molecule has 0 aliphatic heterocycles. The van der Waals surface area contributed by atoms with Gasteiger partial charge in [0.15, 0.2) is 5.13 Å². The molecule has 0 radical (unpaired) electrons. The zero-order valence-corrected chi connectivity index (χ0v) is 14.7. The number of esters is 1. The Balaban J connectivity index is 2.25. The molecule has 0 aliphatic carbocycles. The molecule has 128 valence electrons. The van der Waals surface area contributed by atoms with E-state index in [9.17, 15) is 9.59 Å². The highest BCUT2D eigenvalue weighted by Crippen LogP contribution is 2.30. The molecule has 1 N–H and O–H groups in total. The highest BCUT2D eigenvalue weighted by molar-refractivity contribution is 7.16. The van der Waals surface area contributed by atoms with Crippen LogP contribution in [0.2, 0.25) is 0 Å². The van der Waals surface area contributed by atoms with Crippen LogP contribution in [0.5, 0.6) is 11.5 Å². The first-order valence-corrected chi connectivity index (χ1v) is 7.87. The highest BCUT2D eigenvalue weighted by atomic mass is 32.1. The molecular weight excluding hydrogens is 332 g/mol. The maximum atomic E-state index is 12.6. The molecule has 1 amide bonds. The normalized spacial score (nSPS) is 10.2. The van der Waals surface area contributed by atoms with Gasteiger partial charge in [-0.3, -0.25) is 14.9 Å². The summed E-state index contributed by atoms with van der Waals surface area (Å²) < 4.78 is 15.1. The van der Waals surface area contributed by atoms with Crippen molar-refractivity contribution < 1.29 is 23.8 Å². The van der Waals surface area contributed by atoms with E-state index in [1.807, 2.05) is 0 Å². The van der Waals surface area contributed by atoms with Crippen molar-refractivity contribution in [2.24, 2.45) is 0 Å². The number of amides is 1. The number of aryl methyl sites for hydroxylation is 1. The van der Waals surface area contributed by atoms with Crippen LogP contribution < -0.4 is 14.8 Å². The predicted molar refractivity (Wildman–Crippen MR) is 90.1 cm³/mol. The number of rotatable bonds is 6. The van der Waals surface area contributed by atoms with E-state index >= 15 is 0 Å². The molecule has 1 aromatic carbocycles. The monoisotopic (exact) mass is 350 g/mol. The van der Waals surface area contributed by atoms with Gasteiger partial charge in [0.1, 0.15) is 17.1 Å². The molecule has 0 fully saturated rings. The number of benzene rings is 1. The summed E-state index contributed by atoms with van der Waals surface area (Å²) in [5.74, 6) is 0.0403. The van der Waals surface area contributed by atoms with E-state index < -0.39 is 5.91 Å². The quantitative estimate of drug-likeness (QED) is 0.805. The van der Waals surface area contributed by atoms with Crippen LogP contribution in [0, 0.1) is 6.92 Å². The van der Waals surface area contributed by atoms with Crippen LogP contribution in [-0.2, 0) is 16.0 Å². The summed E-state index contributed by atoms with van der Waals surface area (Å²) in [5.41, 5.74) is 0.956. The number of aromatic nitrogens is 1. The minimum Gasteiger partial charge on any atom is -0.496 e. The van der Waals surface area contributed by atoms with Gasteiger partial charge in [-0.05, 0) is 19.1 Å². The number of hydrogen-bond donors (Lipinski definition) is 1. The van der Waals surface area contributed by atoms with Gasteiger partial charge < -0.3 is 14.2 Å². The molecule has 0 aliphatic rings. The van der Waals surface area contributed by atoms with Gasteiger partial charge in [0.25, 0.3) is 5.91 Å². The van der Waals surface area contributed by atoms with E-state index in [0.717, 1.165) is 4.88 Å². The summed E-state index contributed by atoms with van der Waals surface area (Å²) in [6.45, 7) is 1.77. The van der Waals surface area contributed by atoms with Gasteiger partial charge in [-0.25, -0.2) is 4.98 Å². The second-order valence-electron chi connectivity index (χ2n) is 4.77. The molecule has 0 spiro atoms. The molecule has 0 atom stereocenters. The van der Waals surface area contributed by atoms with Crippen LogP contribution in [0.25, 0.3) is 0 Å². The number of anilines is 1. The van der Waals surface area contributed by atoms with Crippen LogP contribution in [-0.4, -0.2) is 38.2 Å². The maximum Gasteiger partial charge on any atom is 0.310 e. The topological polar surface area (TPSA) is 86.8 Å². The third-order valence-corrected chi connectivity index (χ3v) is 4.37.